The number of carbonyl (C=O) groups excluding carboxylic acids is 1. The standard InChI is InChI=1S/C25H23N3O2/c1-17-8-5-6-11-20(17)18-13-14-23-21(16-18)27-24(30-23)22-12-7-15-28(22)25(29)26-19-9-3-2-4-10-19/h2-6,8-11,13-14,16,22H,7,12,15H2,1H3,(H,26,29). The first-order valence-electron chi connectivity index (χ1n) is 10.3. The number of carbonyl (C=O) groups is 1. The molecule has 2 heterocycles. The van der Waals surface area contributed by atoms with Crippen molar-refractivity contribution in [3.63, 3.8) is 0 Å². The number of aromatic nitrogens is 1. The van der Waals surface area contributed by atoms with Crippen LogP contribution in [-0.4, -0.2) is 22.5 Å². The van der Waals surface area contributed by atoms with Crippen molar-refractivity contribution in [1.82, 2.24) is 9.88 Å². The van der Waals surface area contributed by atoms with E-state index in [9.17, 15) is 4.79 Å². The number of aryl methyl sites for hydroxylation is 1. The molecular weight excluding hydrogens is 374 g/mol. The lowest BCUT2D eigenvalue weighted by atomic mass is 10.0. The maximum Gasteiger partial charge on any atom is 0.322 e. The second-order valence-electron chi connectivity index (χ2n) is 7.70. The number of hydrogen-bond donors (Lipinski definition) is 1. The first-order valence-corrected chi connectivity index (χ1v) is 10.3. The highest BCUT2D eigenvalue weighted by atomic mass is 16.4. The van der Waals surface area contributed by atoms with Crippen LogP contribution in [0.2, 0.25) is 0 Å². The Morgan fingerprint density at radius 2 is 1.87 bits per heavy atom. The lowest BCUT2D eigenvalue weighted by molar-refractivity contribution is 0.199. The minimum atomic E-state index is -0.150. The number of rotatable bonds is 3. The van der Waals surface area contributed by atoms with E-state index in [2.05, 4.69) is 36.5 Å². The molecule has 3 aromatic carbocycles. The lowest BCUT2D eigenvalue weighted by Gasteiger charge is -2.22. The van der Waals surface area contributed by atoms with E-state index in [1.165, 1.54) is 11.1 Å². The summed E-state index contributed by atoms with van der Waals surface area (Å²) < 4.78 is 6.07. The van der Waals surface area contributed by atoms with Gasteiger partial charge in [0.1, 0.15) is 11.6 Å². The lowest BCUT2D eigenvalue weighted by Crippen LogP contribution is -2.34. The molecule has 1 aliphatic rings. The molecule has 5 nitrogen and oxygen atoms in total. The van der Waals surface area contributed by atoms with Crippen molar-refractivity contribution in [3.8, 4) is 11.1 Å². The number of anilines is 1. The second kappa shape index (κ2) is 7.67. The van der Waals surface area contributed by atoms with Crippen molar-refractivity contribution < 1.29 is 9.21 Å². The summed E-state index contributed by atoms with van der Waals surface area (Å²) in [6.07, 6.45) is 1.78. The summed E-state index contributed by atoms with van der Waals surface area (Å²) in [7, 11) is 0. The van der Waals surface area contributed by atoms with Gasteiger partial charge in [-0.25, -0.2) is 9.78 Å². The minimum absolute atomic E-state index is 0.119. The van der Waals surface area contributed by atoms with Gasteiger partial charge in [0, 0.05) is 12.2 Å². The third kappa shape index (κ3) is 3.43. The van der Waals surface area contributed by atoms with E-state index in [4.69, 9.17) is 9.40 Å². The largest absolute Gasteiger partial charge is 0.438 e. The number of nitrogens with zero attached hydrogens (tertiary/aromatic N) is 2. The zero-order valence-corrected chi connectivity index (χ0v) is 16.8. The summed E-state index contributed by atoms with van der Waals surface area (Å²) in [6, 6.07) is 23.6. The molecule has 0 saturated carbocycles. The molecule has 0 radical (unpaired) electrons. The number of likely N-dealkylation sites (tertiary alicyclic amines) is 1. The number of amides is 2. The fraction of sp³-hybridized carbons (Fsp3) is 0.200. The van der Waals surface area contributed by atoms with Gasteiger partial charge in [0.2, 0.25) is 5.89 Å². The molecule has 0 aliphatic carbocycles. The Morgan fingerprint density at radius 1 is 1.07 bits per heavy atom. The van der Waals surface area contributed by atoms with Crippen LogP contribution < -0.4 is 5.32 Å². The van der Waals surface area contributed by atoms with E-state index in [-0.39, 0.29) is 12.1 Å². The predicted octanol–water partition coefficient (Wildman–Crippen LogP) is 6.17. The Labute approximate surface area is 175 Å². The molecule has 1 N–H and O–H groups in total. The quantitative estimate of drug-likeness (QED) is 0.449. The van der Waals surface area contributed by atoms with Crippen molar-refractivity contribution in [2.45, 2.75) is 25.8 Å². The number of para-hydroxylation sites is 1. The van der Waals surface area contributed by atoms with Crippen molar-refractivity contribution in [2.75, 3.05) is 11.9 Å². The van der Waals surface area contributed by atoms with Crippen LogP contribution in [0.25, 0.3) is 22.2 Å². The Morgan fingerprint density at radius 3 is 2.70 bits per heavy atom. The first kappa shape index (κ1) is 18.4. The van der Waals surface area contributed by atoms with Gasteiger partial charge >= 0.3 is 6.03 Å². The summed E-state index contributed by atoms with van der Waals surface area (Å²) in [5.74, 6) is 0.604. The van der Waals surface area contributed by atoms with E-state index >= 15 is 0 Å². The van der Waals surface area contributed by atoms with Crippen molar-refractivity contribution in [2.24, 2.45) is 0 Å². The molecule has 150 valence electrons. The number of urea groups is 1. The van der Waals surface area contributed by atoms with Crippen LogP contribution in [0, 0.1) is 6.92 Å². The Kier molecular flexibility index (Phi) is 4.71. The number of hydrogen-bond acceptors (Lipinski definition) is 3. The highest BCUT2D eigenvalue weighted by Crippen LogP contribution is 2.35. The van der Waals surface area contributed by atoms with Gasteiger partial charge < -0.3 is 14.6 Å². The van der Waals surface area contributed by atoms with Crippen LogP contribution in [-0.2, 0) is 0 Å². The Balaban J connectivity index is 1.42. The average Bonchev–Trinajstić information content (AvgIpc) is 3.41. The fourth-order valence-electron chi connectivity index (χ4n) is 4.14. The van der Waals surface area contributed by atoms with Gasteiger partial charge in [-0.1, -0.05) is 48.5 Å². The van der Waals surface area contributed by atoms with Gasteiger partial charge in [-0.15, -0.1) is 0 Å². The van der Waals surface area contributed by atoms with Gasteiger partial charge in [-0.05, 0) is 60.7 Å². The van der Waals surface area contributed by atoms with E-state index in [0.717, 1.165) is 35.2 Å². The molecule has 1 unspecified atom stereocenters. The smallest absolute Gasteiger partial charge is 0.322 e. The molecule has 1 aromatic heterocycles. The van der Waals surface area contributed by atoms with Gasteiger partial charge in [-0.3, -0.25) is 0 Å². The molecule has 2 amide bonds. The van der Waals surface area contributed by atoms with E-state index in [0.29, 0.717) is 12.4 Å². The Hall–Kier alpha value is -3.60. The molecule has 5 rings (SSSR count). The summed E-state index contributed by atoms with van der Waals surface area (Å²) in [6.45, 7) is 2.80. The van der Waals surface area contributed by atoms with Gasteiger partial charge in [0.15, 0.2) is 5.58 Å². The van der Waals surface area contributed by atoms with Crippen LogP contribution in [0.5, 0.6) is 0 Å². The Bertz CT molecular complexity index is 1200. The summed E-state index contributed by atoms with van der Waals surface area (Å²) in [5, 5.41) is 2.97. The fourth-order valence-corrected chi connectivity index (χ4v) is 4.14. The summed E-state index contributed by atoms with van der Waals surface area (Å²) >= 11 is 0. The van der Waals surface area contributed by atoms with Crippen LogP contribution in [0.15, 0.2) is 77.2 Å². The molecule has 1 aliphatic heterocycles. The average molecular weight is 397 g/mol. The maximum atomic E-state index is 12.8. The number of fused-ring (bicyclic) bond motifs is 1. The molecule has 5 heteroatoms. The summed E-state index contributed by atoms with van der Waals surface area (Å²) in [5.41, 5.74) is 5.88. The molecule has 1 atom stereocenters. The SMILES string of the molecule is Cc1ccccc1-c1ccc2oc(C3CCCN3C(=O)Nc3ccccc3)nc2c1. The van der Waals surface area contributed by atoms with Gasteiger partial charge in [0.25, 0.3) is 0 Å². The molecule has 1 saturated heterocycles. The normalized spacial score (nSPS) is 16.2. The van der Waals surface area contributed by atoms with E-state index in [1.54, 1.807) is 0 Å². The highest BCUT2D eigenvalue weighted by Gasteiger charge is 2.33. The maximum absolute atomic E-state index is 12.8. The third-order valence-electron chi connectivity index (χ3n) is 5.68. The van der Waals surface area contributed by atoms with Crippen LogP contribution in [0.4, 0.5) is 10.5 Å². The first-order chi connectivity index (χ1) is 14.7. The molecule has 30 heavy (non-hydrogen) atoms. The molecular formula is C25H23N3O2. The summed E-state index contributed by atoms with van der Waals surface area (Å²) in [4.78, 5) is 19.4. The zero-order chi connectivity index (χ0) is 20.5. The number of nitrogens with one attached hydrogen (secondary N) is 1. The molecule has 1 fully saturated rings. The third-order valence-corrected chi connectivity index (χ3v) is 5.68. The highest BCUT2D eigenvalue weighted by molar-refractivity contribution is 5.89. The monoisotopic (exact) mass is 397 g/mol. The van der Waals surface area contributed by atoms with Gasteiger partial charge in [-0.2, -0.15) is 0 Å². The topological polar surface area (TPSA) is 58.4 Å². The van der Waals surface area contributed by atoms with Crippen LogP contribution in [0.1, 0.15) is 30.3 Å². The number of oxazole rings is 1. The van der Waals surface area contributed by atoms with Crippen LogP contribution in [0.3, 0.4) is 0 Å². The minimum Gasteiger partial charge on any atom is -0.438 e. The van der Waals surface area contributed by atoms with E-state index in [1.807, 2.05) is 53.4 Å². The molecule has 0 bridgehead atoms. The zero-order valence-electron chi connectivity index (χ0n) is 16.8. The van der Waals surface area contributed by atoms with Crippen molar-refractivity contribution >= 4 is 22.8 Å². The predicted molar refractivity (Wildman–Crippen MR) is 118 cm³/mol. The van der Waals surface area contributed by atoms with E-state index < -0.39 is 0 Å². The molecule has 0 spiro atoms. The van der Waals surface area contributed by atoms with Gasteiger partial charge in [0.05, 0.1) is 0 Å². The van der Waals surface area contributed by atoms with Crippen LogP contribution >= 0.6 is 0 Å². The second-order valence-corrected chi connectivity index (χ2v) is 7.70. The molecule has 4 aromatic rings. The number of benzene rings is 3. The van der Waals surface area contributed by atoms with Crippen molar-refractivity contribution in [3.05, 3.63) is 84.3 Å². The van der Waals surface area contributed by atoms with Crippen molar-refractivity contribution in [1.29, 1.82) is 0 Å².